The standard InChI is InChI=1S/C8H15ClO2/c1-6(2)8(11)4-3-7(10)5-9/h7-8,10-11H,1,3-5H2,2H3. The van der Waals surface area contributed by atoms with Crippen molar-refractivity contribution >= 4 is 11.6 Å². The fourth-order valence-electron chi connectivity index (χ4n) is 0.674. The predicted molar refractivity (Wildman–Crippen MR) is 46.8 cm³/mol. The Balaban J connectivity index is 3.45. The first-order valence-electron chi connectivity index (χ1n) is 3.65. The maximum atomic E-state index is 9.22. The molecule has 0 rings (SSSR count). The molecule has 3 heteroatoms. The van der Waals surface area contributed by atoms with E-state index in [2.05, 4.69) is 6.58 Å². The molecule has 0 amide bonds. The van der Waals surface area contributed by atoms with Crippen molar-refractivity contribution in [3.8, 4) is 0 Å². The van der Waals surface area contributed by atoms with Crippen LogP contribution < -0.4 is 0 Å². The Morgan fingerprint density at radius 2 is 2.00 bits per heavy atom. The van der Waals surface area contributed by atoms with Gasteiger partial charge >= 0.3 is 0 Å². The monoisotopic (exact) mass is 178 g/mol. The van der Waals surface area contributed by atoms with Crippen LogP contribution in [0.4, 0.5) is 0 Å². The van der Waals surface area contributed by atoms with Crippen molar-refractivity contribution in [2.75, 3.05) is 5.88 Å². The maximum Gasteiger partial charge on any atom is 0.0745 e. The average Bonchev–Trinajstić information content (AvgIpc) is 1.99. The van der Waals surface area contributed by atoms with Gasteiger partial charge in [-0.2, -0.15) is 0 Å². The van der Waals surface area contributed by atoms with Crippen molar-refractivity contribution in [3.63, 3.8) is 0 Å². The molecule has 2 unspecified atom stereocenters. The number of aliphatic hydroxyl groups excluding tert-OH is 2. The van der Waals surface area contributed by atoms with E-state index >= 15 is 0 Å². The van der Waals surface area contributed by atoms with Crippen molar-refractivity contribution in [1.29, 1.82) is 0 Å². The molecule has 0 aromatic heterocycles. The lowest BCUT2D eigenvalue weighted by Crippen LogP contribution is -2.14. The molecule has 0 spiro atoms. The van der Waals surface area contributed by atoms with Crippen LogP contribution in [0.25, 0.3) is 0 Å². The molecule has 0 heterocycles. The van der Waals surface area contributed by atoms with Crippen LogP contribution in [0.15, 0.2) is 12.2 Å². The number of rotatable bonds is 5. The van der Waals surface area contributed by atoms with Crippen molar-refractivity contribution < 1.29 is 10.2 Å². The van der Waals surface area contributed by atoms with Crippen molar-refractivity contribution in [2.45, 2.75) is 32.0 Å². The predicted octanol–water partition coefficient (Wildman–Crippen LogP) is 1.30. The van der Waals surface area contributed by atoms with Crippen LogP contribution in [0.5, 0.6) is 0 Å². The molecule has 2 nitrogen and oxygen atoms in total. The minimum Gasteiger partial charge on any atom is -0.392 e. The van der Waals surface area contributed by atoms with Gasteiger partial charge in [0.05, 0.1) is 12.2 Å². The molecule has 0 saturated carbocycles. The zero-order valence-electron chi connectivity index (χ0n) is 6.76. The first kappa shape index (κ1) is 11.0. The third-order valence-corrected chi connectivity index (χ3v) is 1.88. The minimum atomic E-state index is -0.509. The second-order valence-electron chi connectivity index (χ2n) is 2.75. The van der Waals surface area contributed by atoms with Gasteiger partial charge in [-0.1, -0.05) is 12.2 Å². The Bertz CT molecular complexity index is 125. The van der Waals surface area contributed by atoms with Gasteiger partial charge in [0.25, 0.3) is 0 Å². The van der Waals surface area contributed by atoms with Crippen LogP contribution in [0, 0.1) is 0 Å². The molecule has 0 aliphatic carbocycles. The van der Waals surface area contributed by atoms with E-state index in [4.69, 9.17) is 16.7 Å². The molecule has 0 aliphatic rings. The summed E-state index contributed by atoms with van der Waals surface area (Å²) in [5.41, 5.74) is 0.728. The summed E-state index contributed by atoms with van der Waals surface area (Å²) in [6, 6.07) is 0. The summed E-state index contributed by atoms with van der Waals surface area (Å²) in [5.74, 6) is 0.225. The Morgan fingerprint density at radius 1 is 1.45 bits per heavy atom. The molecule has 66 valence electrons. The summed E-state index contributed by atoms with van der Waals surface area (Å²) < 4.78 is 0. The average molecular weight is 179 g/mol. The lowest BCUT2D eigenvalue weighted by molar-refractivity contribution is 0.143. The second kappa shape index (κ2) is 5.58. The zero-order chi connectivity index (χ0) is 8.85. The highest BCUT2D eigenvalue weighted by Gasteiger charge is 2.08. The van der Waals surface area contributed by atoms with Gasteiger partial charge < -0.3 is 10.2 Å². The molecule has 0 radical (unpaired) electrons. The molecule has 0 aromatic carbocycles. The normalized spacial score (nSPS) is 16.0. The van der Waals surface area contributed by atoms with E-state index in [0.717, 1.165) is 5.57 Å². The Morgan fingerprint density at radius 3 is 2.36 bits per heavy atom. The summed E-state index contributed by atoms with van der Waals surface area (Å²) >= 11 is 5.36. The molecular weight excluding hydrogens is 164 g/mol. The molecule has 0 aliphatic heterocycles. The summed E-state index contributed by atoms with van der Waals surface area (Å²) in [5, 5.41) is 18.2. The highest BCUT2D eigenvalue weighted by atomic mass is 35.5. The molecule has 0 fully saturated rings. The van der Waals surface area contributed by atoms with Gasteiger partial charge in [0, 0.05) is 5.88 Å². The van der Waals surface area contributed by atoms with E-state index in [1.165, 1.54) is 0 Å². The largest absolute Gasteiger partial charge is 0.392 e. The lowest BCUT2D eigenvalue weighted by atomic mass is 10.1. The molecule has 0 saturated heterocycles. The lowest BCUT2D eigenvalue weighted by Gasteiger charge is -2.11. The smallest absolute Gasteiger partial charge is 0.0745 e. The van der Waals surface area contributed by atoms with Crippen LogP contribution in [-0.4, -0.2) is 28.3 Å². The number of hydrogen-bond acceptors (Lipinski definition) is 2. The minimum absolute atomic E-state index is 0.225. The van der Waals surface area contributed by atoms with Gasteiger partial charge in [-0.05, 0) is 19.8 Å². The van der Waals surface area contributed by atoms with Gasteiger partial charge in [-0.25, -0.2) is 0 Å². The number of halogens is 1. The molecule has 2 atom stereocenters. The SMILES string of the molecule is C=C(C)C(O)CCC(O)CCl. The molecule has 0 aromatic rings. The highest BCUT2D eigenvalue weighted by molar-refractivity contribution is 6.18. The number of hydrogen-bond donors (Lipinski definition) is 2. The van der Waals surface area contributed by atoms with Gasteiger partial charge in [-0.15, -0.1) is 11.6 Å². The number of aliphatic hydroxyl groups is 2. The van der Waals surface area contributed by atoms with E-state index in [1.807, 2.05) is 0 Å². The van der Waals surface area contributed by atoms with Gasteiger partial charge in [0.15, 0.2) is 0 Å². The molecular formula is C8H15ClO2. The Kier molecular flexibility index (Phi) is 5.56. The van der Waals surface area contributed by atoms with Crippen LogP contribution in [0.3, 0.4) is 0 Å². The Hall–Kier alpha value is -0.0500. The summed E-state index contributed by atoms with van der Waals surface area (Å²) in [6.07, 6.45) is 0.0410. The number of alkyl halides is 1. The van der Waals surface area contributed by atoms with Gasteiger partial charge in [0.2, 0.25) is 0 Å². The molecule has 2 N–H and O–H groups in total. The van der Waals surface area contributed by atoms with Crippen molar-refractivity contribution in [2.24, 2.45) is 0 Å². The van der Waals surface area contributed by atoms with Gasteiger partial charge in [0.1, 0.15) is 0 Å². The molecule has 0 bridgehead atoms. The van der Waals surface area contributed by atoms with E-state index in [-0.39, 0.29) is 5.88 Å². The van der Waals surface area contributed by atoms with Crippen molar-refractivity contribution in [3.05, 3.63) is 12.2 Å². The Labute approximate surface area is 72.5 Å². The fourth-order valence-corrected chi connectivity index (χ4v) is 0.828. The summed E-state index contributed by atoms with van der Waals surface area (Å²) in [4.78, 5) is 0. The quantitative estimate of drug-likeness (QED) is 0.492. The van der Waals surface area contributed by atoms with E-state index in [9.17, 15) is 5.11 Å². The molecule has 11 heavy (non-hydrogen) atoms. The van der Waals surface area contributed by atoms with Crippen LogP contribution >= 0.6 is 11.6 Å². The summed E-state index contributed by atoms with van der Waals surface area (Å²) in [6.45, 7) is 5.36. The topological polar surface area (TPSA) is 40.5 Å². The summed E-state index contributed by atoms with van der Waals surface area (Å²) in [7, 11) is 0. The highest BCUT2D eigenvalue weighted by Crippen LogP contribution is 2.08. The third-order valence-electron chi connectivity index (χ3n) is 1.52. The first-order chi connectivity index (χ1) is 5.07. The zero-order valence-corrected chi connectivity index (χ0v) is 7.51. The van der Waals surface area contributed by atoms with Crippen LogP contribution in [0.1, 0.15) is 19.8 Å². The van der Waals surface area contributed by atoms with Gasteiger partial charge in [-0.3, -0.25) is 0 Å². The fraction of sp³-hybridized carbons (Fsp3) is 0.750. The van der Waals surface area contributed by atoms with Crippen LogP contribution in [-0.2, 0) is 0 Å². The van der Waals surface area contributed by atoms with Crippen molar-refractivity contribution in [1.82, 2.24) is 0 Å². The van der Waals surface area contributed by atoms with Crippen LogP contribution in [0.2, 0.25) is 0 Å². The third kappa shape index (κ3) is 5.24. The maximum absolute atomic E-state index is 9.22. The van der Waals surface area contributed by atoms with E-state index in [1.54, 1.807) is 6.92 Å². The first-order valence-corrected chi connectivity index (χ1v) is 4.19. The van der Waals surface area contributed by atoms with E-state index < -0.39 is 12.2 Å². The van der Waals surface area contributed by atoms with E-state index in [0.29, 0.717) is 12.8 Å². The second-order valence-corrected chi connectivity index (χ2v) is 3.06.